The summed E-state index contributed by atoms with van der Waals surface area (Å²) in [6.45, 7) is 4.06. The Balaban J connectivity index is 1.59. The lowest BCUT2D eigenvalue weighted by molar-refractivity contribution is -0.111. The Bertz CT molecular complexity index is 1230. The van der Waals surface area contributed by atoms with Gasteiger partial charge in [-0.2, -0.15) is 0 Å². The summed E-state index contributed by atoms with van der Waals surface area (Å²) in [5.41, 5.74) is 2.89. The SMILES string of the molecule is CCOC(=O)c1c(NC(=O)C=Cc2ccccc2Cl)sc(Cc2ccc3c(c2)OCO3)c1C. The zero-order valence-electron chi connectivity index (χ0n) is 18.1. The van der Waals surface area contributed by atoms with Crippen molar-refractivity contribution < 1.29 is 23.8 Å². The first-order chi connectivity index (χ1) is 16.0. The van der Waals surface area contributed by atoms with Gasteiger partial charge in [0.05, 0.1) is 12.2 Å². The quantitative estimate of drug-likeness (QED) is 0.336. The Kier molecular flexibility index (Phi) is 7.01. The van der Waals surface area contributed by atoms with Crippen molar-refractivity contribution in [1.82, 2.24) is 0 Å². The van der Waals surface area contributed by atoms with Gasteiger partial charge in [0.15, 0.2) is 11.5 Å². The van der Waals surface area contributed by atoms with Crippen LogP contribution in [-0.2, 0) is 16.0 Å². The van der Waals surface area contributed by atoms with Crippen LogP contribution in [-0.4, -0.2) is 25.3 Å². The molecule has 0 radical (unpaired) electrons. The first-order valence-electron chi connectivity index (χ1n) is 10.4. The number of amides is 1. The molecule has 0 aliphatic carbocycles. The largest absolute Gasteiger partial charge is 0.462 e. The molecular weight excluding hydrogens is 462 g/mol. The van der Waals surface area contributed by atoms with E-state index in [1.54, 1.807) is 19.1 Å². The molecule has 1 N–H and O–H groups in total. The van der Waals surface area contributed by atoms with E-state index in [0.717, 1.165) is 21.6 Å². The van der Waals surface area contributed by atoms with Gasteiger partial charge in [-0.1, -0.05) is 35.9 Å². The van der Waals surface area contributed by atoms with Crippen LogP contribution >= 0.6 is 22.9 Å². The molecule has 0 spiro atoms. The summed E-state index contributed by atoms with van der Waals surface area (Å²) in [5.74, 6) is 0.586. The van der Waals surface area contributed by atoms with Gasteiger partial charge in [-0.25, -0.2) is 4.79 Å². The normalized spacial score (nSPS) is 12.2. The smallest absolute Gasteiger partial charge is 0.341 e. The number of ether oxygens (including phenoxy) is 3. The van der Waals surface area contributed by atoms with Gasteiger partial charge in [-0.15, -0.1) is 11.3 Å². The maximum Gasteiger partial charge on any atom is 0.341 e. The maximum atomic E-state index is 12.7. The topological polar surface area (TPSA) is 73.9 Å². The van der Waals surface area contributed by atoms with Crippen molar-refractivity contribution in [3.05, 3.63) is 80.7 Å². The van der Waals surface area contributed by atoms with Crippen molar-refractivity contribution in [2.24, 2.45) is 0 Å². The van der Waals surface area contributed by atoms with Gasteiger partial charge in [0.1, 0.15) is 5.00 Å². The summed E-state index contributed by atoms with van der Waals surface area (Å²) in [6.07, 6.45) is 3.60. The number of thiophene rings is 1. The molecule has 170 valence electrons. The standard InChI is InChI=1S/C25H22ClNO5S/c1-3-30-25(29)23-15(2)21(13-16-8-10-19-20(12-16)32-14-31-19)33-24(23)27-22(28)11-9-17-6-4-5-7-18(17)26/h4-12H,3,13-14H2,1-2H3,(H,27,28). The second-order valence-electron chi connectivity index (χ2n) is 7.28. The molecule has 0 fully saturated rings. The van der Waals surface area contributed by atoms with Gasteiger partial charge in [0.25, 0.3) is 0 Å². The lowest BCUT2D eigenvalue weighted by Gasteiger charge is -2.06. The molecule has 0 saturated carbocycles. The molecule has 1 amide bonds. The number of anilines is 1. The van der Waals surface area contributed by atoms with Crippen LogP contribution in [0.1, 0.15) is 38.8 Å². The third-order valence-corrected chi connectivity index (χ3v) is 6.63. The summed E-state index contributed by atoms with van der Waals surface area (Å²) < 4.78 is 16.1. The van der Waals surface area contributed by atoms with E-state index >= 15 is 0 Å². The van der Waals surface area contributed by atoms with Crippen LogP contribution in [0, 0.1) is 6.92 Å². The van der Waals surface area contributed by atoms with E-state index in [2.05, 4.69) is 5.32 Å². The molecule has 3 aromatic rings. The van der Waals surface area contributed by atoms with Crippen LogP contribution in [0.15, 0.2) is 48.5 Å². The third kappa shape index (κ3) is 5.21. The molecule has 2 aromatic carbocycles. The van der Waals surface area contributed by atoms with Crippen LogP contribution in [0.4, 0.5) is 5.00 Å². The van der Waals surface area contributed by atoms with Gasteiger partial charge in [-0.05, 0) is 54.8 Å². The summed E-state index contributed by atoms with van der Waals surface area (Å²) in [6, 6.07) is 13.0. The number of esters is 1. The zero-order valence-corrected chi connectivity index (χ0v) is 19.7. The molecule has 0 saturated heterocycles. The molecule has 33 heavy (non-hydrogen) atoms. The Morgan fingerprint density at radius 3 is 2.76 bits per heavy atom. The van der Waals surface area contributed by atoms with E-state index in [1.807, 2.05) is 43.3 Å². The second kappa shape index (κ2) is 10.1. The number of fused-ring (bicyclic) bond motifs is 1. The molecule has 1 aromatic heterocycles. The number of benzene rings is 2. The van der Waals surface area contributed by atoms with Crippen LogP contribution in [0.25, 0.3) is 6.08 Å². The highest BCUT2D eigenvalue weighted by Crippen LogP contribution is 2.37. The monoisotopic (exact) mass is 483 g/mol. The number of halogens is 1. The summed E-state index contributed by atoms with van der Waals surface area (Å²) >= 11 is 7.50. The second-order valence-corrected chi connectivity index (χ2v) is 8.80. The fourth-order valence-corrected chi connectivity index (χ4v) is 4.86. The van der Waals surface area contributed by atoms with E-state index in [4.69, 9.17) is 25.8 Å². The third-order valence-electron chi connectivity index (χ3n) is 5.08. The van der Waals surface area contributed by atoms with Crippen LogP contribution in [0.3, 0.4) is 0 Å². The molecule has 0 bridgehead atoms. The van der Waals surface area contributed by atoms with Crippen LogP contribution < -0.4 is 14.8 Å². The summed E-state index contributed by atoms with van der Waals surface area (Å²) in [5, 5.41) is 3.83. The van der Waals surface area contributed by atoms with E-state index in [-0.39, 0.29) is 19.3 Å². The van der Waals surface area contributed by atoms with E-state index in [0.29, 0.717) is 33.5 Å². The molecule has 2 heterocycles. The number of nitrogens with one attached hydrogen (secondary N) is 1. The van der Waals surface area contributed by atoms with Crippen molar-refractivity contribution in [2.75, 3.05) is 18.7 Å². The minimum atomic E-state index is -0.464. The highest BCUT2D eigenvalue weighted by molar-refractivity contribution is 7.17. The number of rotatable bonds is 7. The van der Waals surface area contributed by atoms with E-state index in [1.165, 1.54) is 17.4 Å². The Morgan fingerprint density at radius 2 is 1.97 bits per heavy atom. The number of carbonyl (C=O) groups is 2. The lowest BCUT2D eigenvalue weighted by atomic mass is 10.1. The lowest BCUT2D eigenvalue weighted by Crippen LogP contribution is -2.12. The number of hydrogen-bond donors (Lipinski definition) is 1. The molecule has 6 nitrogen and oxygen atoms in total. The van der Waals surface area contributed by atoms with Gasteiger partial charge in [0.2, 0.25) is 12.7 Å². The Labute approximate surface area is 200 Å². The average molecular weight is 484 g/mol. The van der Waals surface area contributed by atoms with Gasteiger partial charge in [0, 0.05) is 22.4 Å². The average Bonchev–Trinajstić information content (AvgIpc) is 3.37. The fourth-order valence-electron chi connectivity index (χ4n) is 3.43. The highest BCUT2D eigenvalue weighted by Gasteiger charge is 2.24. The first kappa shape index (κ1) is 22.9. The van der Waals surface area contributed by atoms with Crippen molar-refractivity contribution in [3.8, 4) is 11.5 Å². The Morgan fingerprint density at radius 1 is 1.18 bits per heavy atom. The molecule has 1 aliphatic rings. The summed E-state index contributed by atoms with van der Waals surface area (Å²) in [7, 11) is 0. The first-order valence-corrected chi connectivity index (χ1v) is 11.6. The van der Waals surface area contributed by atoms with Crippen LogP contribution in [0.5, 0.6) is 11.5 Å². The molecule has 4 rings (SSSR count). The van der Waals surface area contributed by atoms with Crippen molar-refractivity contribution in [1.29, 1.82) is 0 Å². The van der Waals surface area contributed by atoms with Gasteiger partial charge >= 0.3 is 5.97 Å². The van der Waals surface area contributed by atoms with Crippen LogP contribution in [0.2, 0.25) is 5.02 Å². The van der Waals surface area contributed by atoms with Crippen molar-refractivity contribution >= 4 is 45.9 Å². The molecule has 8 heteroatoms. The molecule has 0 unspecified atom stereocenters. The minimum absolute atomic E-state index is 0.210. The molecule has 1 aliphatic heterocycles. The maximum absolute atomic E-state index is 12.7. The highest BCUT2D eigenvalue weighted by atomic mass is 35.5. The predicted molar refractivity (Wildman–Crippen MR) is 129 cm³/mol. The fraction of sp³-hybridized carbons (Fsp3) is 0.200. The number of hydrogen-bond acceptors (Lipinski definition) is 6. The zero-order chi connectivity index (χ0) is 23.4. The van der Waals surface area contributed by atoms with Crippen molar-refractivity contribution in [2.45, 2.75) is 20.3 Å². The van der Waals surface area contributed by atoms with Crippen molar-refractivity contribution in [3.63, 3.8) is 0 Å². The predicted octanol–water partition coefficient (Wildman–Crippen LogP) is 5.86. The molecule has 0 atom stereocenters. The number of carbonyl (C=O) groups excluding carboxylic acids is 2. The minimum Gasteiger partial charge on any atom is -0.462 e. The Hall–Kier alpha value is -3.29. The van der Waals surface area contributed by atoms with Gasteiger partial charge in [-0.3, -0.25) is 4.79 Å². The van der Waals surface area contributed by atoms with Gasteiger partial charge < -0.3 is 19.5 Å². The van der Waals surface area contributed by atoms with E-state index < -0.39 is 5.97 Å². The van der Waals surface area contributed by atoms with E-state index in [9.17, 15) is 9.59 Å². The summed E-state index contributed by atoms with van der Waals surface area (Å²) in [4.78, 5) is 26.2. The molecular formula is C25H22ClNO5S.